The van der Waals surface area contributed by atoms with Crippen molar-refractivity contribution in [3.8, 4) is 0 Å². The number of halogens is 1. The summed E-state index contributed by atoms with van der Waals surface area (Å²) >= 11 is 3.21. The average Bonchev–Trinajstić information content (AvgIpc) is 2.71. The third-order valence-electron chi connectivity index (χ3n) is 3.23. The van der Waals surface area contributed by atoms with Crippen molar-refractivity contribution in [1.82, 2.24) is 9.88 Å². The van der Waals surface area contributed by atoms with Gasteiger partial charge in [-0.15, -0.1) is 0 Å². The molecule has 0 N–H and O–H groups in total. The fourth-order valence-corrected chi connectivity index (χ4v) is 4.22. The van der Waals surface area contributed by atoms with Crippen molar-refractivity contribution in [2.24, 2.45) is 0 Å². The molecule has 1 unspecified atom stereocenters. The highest BCUT2D eigenvalue weighted by Gasteiger charge is 2.34. The lowest BCUT2D eigenvalue weighted by Gasteiger charge is -2.26. The third kappa shape index (κ3) is 3.33. The minimum absolute atomic E-state index is 0.0660. The molecule has 7 heteroatoms. The Balaban J connectivity index is 2.18. The molecule has 1 saturated heterocycles. The van der Waals surface area contributed by atoms with Crippen molar-refractivity contribution in [3.05, 3.63) is 28.5 Å². The first kappa shape index (κ1) is 14.5. The van der Waals surface area contributed by atoms with E-state index in [1.54, 1.807) is 17.0 Å². The van der Waals surface area contributed by atoms with Crippen LogP contribution in [0.1, 0.15) is 23.7 Å². The number of nitrogens with zero attached hydrogens (tertiary/aromatic N) is 2. The minimum atomic E-state index is -2.99. The van der Waals surface area contributed by atoms with Crippen LogP contribution in [0.2, 0.25) is 0 Å². The van der Waals surface area contributed by atoms with E-state index in [0.29, 0.717) is 23.1 Å². The molecule has 0 radical (unpaired) electrons. The summed E-state index contributed by atoms with van der Waals surface area (Å²) in [4.78, 5) is 18.0. The van der Waals surface area contributed by atoms with Crippen LogP contribution in [0.3, 0.4) is 0 Å². The number of hydrogen-bond donors (Lipinski definition) is 0. The maximum atomic E-state index is 12.4. The lowest BCUT2D eigenvalue weighted by atomic mass is 10.1. The van der Waals surface area contributed by atoms with Gasteiger partial charge in [0.25, 0.3) is 5.91 Å². The molecule has 1 aliphatic heterocycles. The Kier molecular flexibility index (Phi) is 4.25. The van der Waals surface area contributed by atoms with Crippen molar-refractivity contribution in [3.63, 3.8) is 0 Å². The van der Waals surface area contributed by atoms with Crippen LogP contribution in [0.4, 0.5) is 0 Å². The van der Waals surface area contributed by atoms with E-state index >= 15 is 0 Å². The summed E-state index contributed by atoms with van der Waals surface area (Å²) in [5.74, 6) is 0.0703. The highest BCUT2D eigenvalue weighted by molar-refractivity contribution is 9.10. The van der Waals surface area contributed by atoms with Crippen LogP contribution < -0.4 is 0 Å². The van der Waals surface area contributed by atoms with Crippen LogP contribution in [0.5, 0.6) is 0 Å². The van der Waals surface area contributed by atoms with Crippen LogP contribution in [0.25, 0.3) is 0 Å². The quantitative estimate of drug-likeness (QED) is 0.777. The molecular weight excluding hydrogens is 332 g/mol. The van der Waals surface area contributed by atoms with Gasteiger partial charge in [0.1, 0.15) is 4.60 Å². The van der Waals surface area contributed by atoms with Gasteiger partial charge in [0.05, 0.1) is 17.1 Å². The summed E-state index contributed by atoms with van der Waals surface area (Å²) in [6.07, 6.45) is 2.02. The average molecular weight is 347 g/mol. The lowest BCUT2D eigenvalue weighted by molar-refractivity contribution is 0.0708. The molecule has 1 amide bonds. The fourth-order valence-electron chi connectivity index (χ4n) is 2.26. The van der Waals surface area contributed by atoms with Gasteiger partial charge < -0.3 is 4.90 Å². The maximum absolute atomic E-state index is 12.4. The van der Waals surface area contributed by atoms with Gasteiger partial charge >= 0.3 is 0 Å². The van der Waals surface area contributed by atoms with Crippen molar-refractivity contribution in [2.75, 3.05) is 18.1 Å². The first-order valence-corrected chi connectivity index (χ1v) is 8.67. The fraction of sp³-hybridized carbons (Fsp3) is 0.500. The smallest absolute Gasteiger partial charge is 0.255 e. The number of rotatable bonds is 3. The lowest BCUT2D eigenvalue weighted by Crippen LogP contribution is -2.41. The summed E-state index contributed by atoms with van der Waals surface area (Å²) < 4.78 is 23.7. The predicted octanol–water partition coefficient (Wildman–Crippen LogP) is 1.49. The van der Waals surface area contributed by atoms with Crippen LogP contribution in [0, 0.1) is 0 Å². The molecular formula is C12H15BrN2O3S. The largest absolute Gasteiger partial charge is 0.335 e. The molecule has 1 atom stereocenters. The standard InChI is InChI=1S/C12H15BrN2O3S/c1-2-15(10-5-6-19(17,18)8-10)12(16)9-3-4-11(13)14-7-9/h3-4,7,10H,2,5-6,8H2,1H3. The SMILES string of the molecule is CCN(C(=O)c1ccc(Br)nc1)C1CCS(=O)(=O)C1. The molecule has 2 rings (SSSR count). The Bertz CT molecular complexity index is 571. The number of sulfone groups is 1. The Morgan fingerprint density at radius 1 is 1.53 bits per heavy atom. The summed E-state index contributed by atoms with van der Waals surface area (Å²) in [7, 11) is -2.99. The van der Waals surface area contributed by atoms with Crippen molar-refractivity contribution >= 4 is 31.7 Å². The van der Waals surface area contributed by atoms with Crippen molar-refractivity contribution in [2.45, 2.75) is 19.4 Å². The zero-order chi connectivity index (χ0) is 14.0. The second kappa shape index (κ2) is 5.58. The molecule has 104 valence electrons. The van der Waals surface area contributed by atoms with Gasteiger partial charge in [0.15, 0.2) is 9.84 Å². The minimum Gasteiger partial charge on any atom is -0.335 e. The Morgan fingerprint density at radius 3 is 2.74 bits per heavy atom. The molecule has 0 saturated carbocycles. The second-order valence-corrected chi connectivity index (χ2v) is 7.56. The molecule has 0 spiro atoms. The molecule has 0 aromatic carbocycles. The molecule has 1 aromatic heterocycles. The molecule has 19 heavy (non-hydrogen) atoms. The van der Waals surface area contributed by atoms with E-state index in [-0.39, 0.29) is 23.5 Å². The predicted molar refractivity (Wildman–Crippen MR) is 75.7 cm³/mol. The van der Waals surface area contributed by atoms with Gasteiger partial charge in [-0.2, -0.15) is 0 Å². The molecule has 1 aliphatic rings. The molecule has 1 aromatic rings. The highest BCUT2D eigenvalue weighted by atomic mass is 79.9. The topological polar surface area (TPSA) is 67.3 Å². The Hall–Kier alpha value is -0.950. The van der Waals surface area contributed by atoms with E-state index < -0.39 is 9.84 Å². The molecule has 2 heterocycles. The molecule has 0 bridgehead atoms. The monoisotopic (exact) mass is 346 g/mol. The van der Waals surface area contributed by atoms with Crippen LogP contribution in [0.15, 0.2) is 22.9 Å². The maximum Gasteiger partial charge on any atom is 0.255 e. The Labute approximate surface area is 121 Å². The van der Waals surface area contributed by atoms with Gasteiger partial charge in [-0.25, -0.2) is 13.4 Å². The summed E-state index contributed by atoms with van der Waals surface area (Å²) in [6, 6.07) is 3.17. The van der Waals surface area contributed by atoms with Gasteiger partial charge in [-0.05, 0) is 41.4 Å². The number of amides is 1. The Morgan fingerprint density at radius 2 is 2.26 bits per heavy atom. The van der Waals surface area contributed by atoms with E-state index in [4.69, 9.17) is 0 Å². The highest BCUT2D eigenvalue weighted by Crippen LogP contribution is 2.20. The van der Waals surface area contributed by atoms with E-state index in [1.165, 1.54) is 6.20 Å². The number of carbonyl (C=O) groups excluding carboxylic acids is 1. The number of hydrogen-bond acceptors (Lipinski definition) is 4. The van der Waals surface area contributed by atoms with E-state index in [0.717, 1.165) is 0 Å². The van der Waals surface area contributed by atoms with Gasteiger partial charge in [-0.1, -0.05) is 0 Å². The summed E-state index contributed by atoms with van der Waals surface area (Å²) in [5.41, 5.74) is 0.481. The molecule has 0 aliphatic carbocycles. The third-order valence-corrected chi connectivity index (χ3v) is 5.44. The zero-order valence-corrected chi connectivity index (χ0v) is 12.9. The molecule has 1 fully saturated rings. The first-order chi connectivity index (χ1) is 8.93. The second-order valence-electron chi connectivity index (χ2n) is 4.52. The van der Waals surface area contributed by atoms with E-state index in [2.05, 4.69) is 20.9 Å². The van der Waals surface area contributed by atoms with Crippen molar-refractivity contribution in [1.29, 1.82) is 0 Å². The van der Waals surface area contributed by atoms with Gasteiger partial charge in [0, 0.05) is 18.8 Å². The summed E-state index contributed by atoms with van der Waals surface area (Å²) in [6.45, 7) is 2.35. The first-order valence-electron chi connectivity index (χ1n) is 6.06. The zero-order valence-electron chi connectivity index (χ0n) is 10.5. The number of pyridine rings is 1. The van der Waals surface area contributed by atoms with E-state index in [9.17, 15) is 13.2 Å². The number of carbonyl (C=O) groups is 1. The van der Waals surface area contributed by atoms with Crippen LogP contribution in [-0.4, -0.2) is 48.3 Å². The van der Waals surface area contributed by atoms with Gasteiger partial charge in [-0.3, -0.25) is 4.79 Å². The van der Waals surface area contributed by atoms with Gasteiger partial charge in [0.2, 0.25) is 0 Å². The normalized spacial score (nSPS) is 21.3. The van der Waals surface area contributed by atoms with Crippen LogP contribution in [-0.2, 0) is 9.84 Å². The number of aromatic nitrogens is 1. The van der Waals surface area contributed by atoms with E-state index in [1.807, 2.05) is 6.92 Å². The van der Waals surface area contributed by atoms with Crippen LogP contribution >= 0.6 is 15.9 Å². The summed E-state index contributed by atoms with van der Waals surface area (Å²) in [5, 5.41) is 0. The van der Waals surface area contributed by atoms with Crippen molar-refractivity contribution < 1.29 is 13.2 Å². The molecule has 5 nitrogen and oxygen atoms in total.